The summed E-state index contributed by atoms with van der Waals surface area (Å²) >= 11 is 0. The van der Waals surface area contributed by atoms with E-state index >= 15 is 0 Å². The quantitative estimate of drug-likeness (QED) is 0.304. The molecule has 3 aromatic carbocycles. The van der Waals surface area contributed by atoms with Crippen LogP contribution in [-0.2, 0) is 5.92 Å². The van der Waals surface area contributed by atoms with Gasteiger partial charge in [-0.3, -0.25) is 10.1 Å². The summed E-state index contributed by atoms with van der Waals surface area (Å²) < 4.78 is 27.3. The summed E-state index contributed by atoms with van der Waals surface area (Å²) in [7, 11) is 0. The molecule has 0 atom stereocenters. The van der Waals surface area contributed by atoms with Crippen molar-refractivity contribution < 1.29 is 18.4 Å². The van der Waals surface area contributed by atoms with Crippen molar-refractivity contribution in [2.75, 3.05) is 17.2 Å². The van der Waals surface area contributed by atoms with Gasteiger partial charge in [0.2, 0.25) is 5.95 Å². The van der Waals surface area contributed by atoms with E-state index < -0.39 is 11.8 Å². The Kier molecular flexibility index (Phi) is 6.91. The van der Waals surface area contributed by atoms with Gasteiger partial charge in [0.25, 0.3) is 11.8 Å². The number of fused-ring (bicyclic) bond motifs is 1. The number of nitrogens with one attached hydrogen (secondary N) is 3. The number of halogens is 2. The molecule has 0 radical (unpaired) electrons. The molecule has 0 aliphatic rings. The summed E-state index contributed by atoms with van der Waals surface area (Å²) in [6.07, 6.45) is 1.62. The number of rotatable bonds is 6. The smallest absolute Gasteiger partial charge is 0.321 e. The van der Waals surface area contributed by atoms with Crippen molar-refractivity contribution in [1.82, 2.24) is 15.3 Å². The fourth-order valence-corrected chi connectivity index (χ4v) is 3.71. The lowest BCUT2D eigenvalue weighted by Crippen LogP contribution is -2.29. The van der Waals surface area contributed by atoms with Gasteiger partial charge >= 0.3 is 6.03 Å². The third-order valence-electron chi connectivity index (χ3n) is 5.58. The maximum atomic E-state index is 13.7. The average molecular weight is 490 g/mol. The first-order valence-electron chi connectivity index (χ1n) is 11.4. The monoisotopic (exact) mass is 489 g/mol. The molecule has 0 aliphatic carbocycles. The molecule has 3 amide bonds. The number of aryl methyl sites for hydroxylation is 1. The lowest BCUT2D eigenvalue weighted by molar-refractivity contribution is 0.0175. The SMILES string of the molecule is CCNC(=O)Nc1ncc2cc(-c3cc(C(=O)Nc4cccc(C(C)(F)F)c4)ccc3C)ccc2n1. The molecule has 9 heteroatoms. The first-order chi connectivity index (χ1) is 17.1. The number of carbonyl (C=O) groups is 2. The van der Waals surface area contributed by atoms with Gasteiger partial charge in [-0.2, -0.15) is 0 Å². The number of hydrogen-bond donors (Lipinski definition) is 3. The van der Waals surface area contributed by atoms with Gasteiger partial charge in [0.1, 0.15) is 0 Å². The van der Waals surface area contributed by atoms with Gasteiger partial charge in [-0.05, 0) is 66.9 Å². The van der Waals surface area contributed by atoms with E-state index in [1.807, 2.05) is 38.1 Å². The second-order valence-electron chi connectivity index (χ2n) is 8.40. The molecule has 0 saturated carbocycles. The molecule has 0 aliphatic heterocycles. The number of carbonyl (C=O) groups excluding carboxylic acids is 2. The summed E-state index contributed by atoms with van der Waals surface area (Å²) in [5, 5.41) is 8.67. The van der Waals surface area contributed by atoms with Crippen molar-refractivity contribution in [3.8, 4) is 11.1 Å². The highest BCUT2D eigenvalue weighted by Gasteiger charge is 2.24. The Labute approximate surface area is 207 Å². The van der Waals surface area contributed by atoms with Crippen molar-refractivity contribution in [1.29, 1.82) is 0 Å². The van der Waals surface area contributed by atoms with E-state index in [0.717, 1.165) is 29.0 Å². The largest absolute Gasteiger partial charge is 0.338 e. The number of benzene rings is 3. The van der Waals surface area contributed by atoms with Crippen molar-refractivity contribution in [3.05, 3.63) is 83.6 Å². The summed E-state index contributed by atoms with van der Waals surface area (Å²) in [4.78, 5) is 33.2. The lowest BCUT2D eigenvalue weighted by Gasteiger charge is -2.13. The third kappa shape index (κ3) is 5.63. The highest BCUT2D eigenvalue weighted by Crippen LogP contribution is 2.30. The Morgan fingerprint density at radius 1 is 1.00 bits per heavy atom. The molecular formula is C27H25F2N5O2. The number of hydrogen-bond acceptors (Lipinski definition) is 4. The maximum absolute atomic E-state index is 13.7. The minimum atomic E-state index is -3.00. The average Bonchev–Trinajstić information content (AvgIpc) is 2.84. The molecule has 3 N–H and O–H groups in total. The second-order valence-corrected chi connectivity index (χ2v) is 8.40. The molecule has 0 saturated heterocycles. The second kappa shape index (κ2) is 10.1. The normalized spacial score (nSPS) is 11.2. The Hall–Kier alpha value is -4.40. The molecule has 4 aromatic rings. The molecule has 1 aromatic heterocycles. The molecule has 0 unspecified atom stereocenters. The van der Waals surface area contributed by atoms with Gasteiger partial charge in [0, 0.05) is 41.9 Å². The lowest BCUT2D eigenvalue weighted by atomic mass is 9.97. The summed E-state index contributed by atoms with van der Waals surface area (Å²) in [5.74, 6) is -3.21. The zero-order chi connectivity index (χ0) is 25.9. The summed E-state index contributed by atoms with van der Waals surface area (Å²) in [6, 6.07) is 16.1. The van der Waals surface area contributed by atoms with E-state index in [1.165, 1.54) is 18.2 Å². The zero-order valence-electron chi connectivity index (χ0n) is 20.0. The third-order valence-corrected chi connectivity index (χ3v) is 5.58. The first kappa shape index (κ1) is 24.7. The maximum Gasteiger partial charge on any atom is 0.321 e. The standard InChI is InChI=1S/C27H25F2N5O2/c1-4-30-26(36)34-25-31-15-19-12-17(10-11-23(19)33-25)22-13-18(9-8-16(22)2)24(35)32-21-7-5-6-20(14-21)27(3,28)29/h5-15H,4H2,1-3H3,(H,32,35)(H2,30,31,33,34,36). The summed E-state index contributed by atoms with van der Waals surface area (Å²) in [6.45, 7) is 5.05. The van der Waals surface area contributed by atoms with E-state index in [2.05, 4.69) is 25.9 Å². The molecular weight excluding hydrogens is 464 g/mol. The molecule has 36 heavy (non-hydrogen) atoms. The topological polar surface area (TPSA) is 96.0 Å². The van der Waals surface area contributed by atoms with Gasteiger partial charge in [-0.15, -0.1) is 0 Å². The van der Waals surface area contributed by atoms with Crippen molar-refractivity contribution in [3.63, 3.8) is 0 Å². The number of alkyl halides is 2. The van der Waals surface area contributed by atoms with Crippen LogP contribution in [0.1, 0.15) is 35.3 Å². The van der Waals surface area contributed by atoms with Gasteiger partial charge < -0.3 is 10.6 Å². The molecule has 0 spiro atoms. The molecule has 0 fully saturated rings. The van der Waals surface area contributed by atoms with Crippen LogP contribution in [0.25, 0.3) is 22.0 Å². The van der Waals surface area contributed by atoms with Crippen LogP contribution in [0.3, 0.4) is 0 Å². The number of urea groups is 1. The summed E-state index contributed by atoms with van der Waals surface area (Å²) in [5.41, 5.74) is 3.81. The van der Waals surface area contributed by atoms with E-state index in [0.29, 0.717) is 23.3 Å². The van der Waals surface area contributed by atoms with Gasteiger partial charge in [0.15, 0.2) is 0 Å². The van der Waals surface area contributed by atoms with Crippen molar-refractivity contribution in [2.24, 2.45) is 0 Å². The number of nitrogens with zero attached hydrogens (tertiary/aromatic N) is 2. The minimum absolute atomic E-state index is 0.173. The van der Waals surface area contributed by atoms with Gasteiger partial charge in [-0.1, -0.05) is 24.3 Å². The van der Waals surface area contributed by atoms with E-state index in [1.54, 1.807) is 24.4 Å². The number of amides is 3. The Bertz CT molecular complexity index is 1450. The fraction of sp³-hybridized carbons (Fsp3) is 0.185. The van der Waals surface area contributed by atoms with Gasteiger partial charge in [0.05, 0.1) is 5.52 Å². The van der Waals surface area contributed by atoms with Crippen molar-refractivity contribution in [2.45, 2.75) is 26.7 Å². The Morgan fingerprint density at radius 2 is 1.81 bits per heavy atom. The van der Waals surface area contributed by atoms with Crippen LogP contribution in [0, 0.1) is 6.92 Å². The Morgan fingerprint density at radius 3 is 2.56 bits per heavy atom. The number of anilines is 2. The van der Waals surface area contributed by atoms with Crippen molar-refractivity contribution >= 4 is 34.5 Å². The minimum Gasteiger partial charge on any atom is -0.338 e. The van der Waals surface area contributed by atoms with Crippen LogP contribution in [0.15, 0.2) is 66.9 Å². The van der Waals surface area contributed by atoms with Crippen LogP contribution < -0.4 is 16.0 Å². The highest BCUT2D eigenvalue weighted by molar-refractivity contribution is 6.05. The van der Waals surface area contributed by atoms with Crippen LogP contribution in [-0.4, -0.2) is 28.5 Å². The van der Waals surface area contributed by atoms with Crippen LogP contribution in [0.4, 0.5) is 25.2 Å². The van der Waals surface area contributed by atoms with Crippen LogP contribution >= 0.6 is 0 Å². The van der Waals surface area contributed by atoms with Crippen LogP contribution in [0.2, 0.25) is 0 Å². The van der Waals surface area contributed by atoms with E-state index in [-0.39, 0.29) is 17.5 Å². The van der Waals surface area contributed by atoms with E-state index in [4.69, 9.17) is 0 Å². The molecule has 1 heterocycles. The molecule has 184 valence electrons. The van der Waals surface area contributed by atoms with E-state index in [9.17, 15) is 18.4 Å². The first-order valence-corrected chi connectivity index (χ1v) is 11.4. The predicted octanol–water partition coefficient (Wildman–Crippen LogP) is 6.11. The Balaban J connectivity index is 1.59. The molecule has 4 rings (SSSR count). The van der Waals surface area contributed by atoms with Crippen LogP contribution in [0.5, 0.6) is 0 Å². The zero-order valence-corrected chi connectivity index (χ0v) is 20.0. The number of aromatic nitrogens is 2. The highest BCUT2D eigenvalue weighted by atomic mass is 19.3. The molecule has 0 bridgehead atoms. The van der Waals surface area contributed by atoms with Gasteiger partial charge in [-0.25, -0.2) is 23.5 Å². The molecule has 7 nitrogen and oxygen atoms in total. The predicted molar refractivity (Wildman–Crippen MR) is 136 cm³/mol. The fourth-order valence-electron chi connectivity index (χ4n) is 3.71.